The molecule has 0 aliphatic carbocycles. The lowest BCUT2D eigenvalue weighted by Crippen LogP contribution is -2.23. The lowest BCUT2D eigenvalue weighted by molar-refractivity contribution is -0.542. The van der Waals surface area contributed by atoms with Gasteiger partial charge in [-0.3, -0.25) is 0 Å². The lowest BCUT2D eigenvalue weighted by atomic mass is 9.96. The third-order valence-electron chi connectivity index (χ3n) is 4.82. The molecule has 5 nitrogen and oxygen atoms in total. The van der Waals surface area contributed by atoms with Crippen molar-refractivity contribution >= 4 is 5.84 Å². The molecule has 0 saturated heterocycles. The predicted molar refractivity (Wildman–Crippen MR) is 107 cm³/mol. The first kappa shape index (κ1) is 17.5. The molecule has 0 fully saturated rings. The number of hydrogen-bond donors (Lipinski definition) is 2. The van der Waals surface area contributed by atoms with Crippen LogP contribution in [0.4, 0.5) is 0 Å². The van der Waals surface area contributed by atoms with Crippen LogP contribution in [-0.4, -0.2) is 41.5 Å². The van der Waals surface area contributed by atoms with Crippen LogP contribution in [0.15, 0.2) is 82.6 Å². The highest BCUT2D eigenvalue weighted by molar-refractivity contribution is 6.02. The van der Waals surface area contributed by atoms with Crippen LogP contribution in [0, 0.1) is 6.92 Å². The maximum Gasteiger partial charge on any atom is 0.298 e. The molecule has 0 spiro atoms. The number of fused-ring (bicyclic) bond motifs is 1. The second-order valence-corrected chi connectivity index (χ2v) is 6.65. The van der Waals surface area contributed by atoms with E-state index in [1.165, 1.54) is 16.7 Å². The van der Waals surface area contributed by atoms with Crippen molar-refractivity contribution in [3.05, 3.63) is 83.6 Å². The van der Waals surface area contributed by atoms with Crippen LogP contribution >= 0.6 is 0 Å². The first-order chi connectivity index (χ1) is 13.3. The first-order valence-electron chi connectivity index (χ1n) is 9.20. The Morgan fingerprint density at radius 3 is 2.70 bits per heavy atom. The standard InChI is InChI=1S/C22H23N4O/c1-16-19(18-6-3-2-4-7-18)8-5-9-20(16)22-24-21-14-17(15-23-11-13-27)10-12-26(21)25-22/h2-10,12,14,21,23,27H,11,13,15H2,1H3/q+1. The Kier molecular flexibility index (Phi) is 5.05. The van der Waals surface area contributed by atoms with Crippen molar-refractivity contribution < 1.29 is 9.80 Å². The summed E-state index contributed by atoms with van der Waals surface area (Å²) in [7, 11) is 0. The Balaban J connectivity index is 1.62. The highest BCUT2D eigenvalue weighted by Crippen LogP contribution is 2.28. The number of azo groups is 2. The molecule has 1 atom stereocenters. The Morgan fingerprint density at radius 1 is 1.07 bits per heavy atom. The molecule has 1 unspecified atom stereocenters. The van der Waals surface area contributed by atoms with Gasteiger partial charge in [-0.2, -0.15) is 4.99 Å². The smallest absolute Gasteiger partial charge is 0.298 e. The van der Waals surface area contributed by atoms with Crippen molar-refractivity contribution in [1.82, 2.24) is 5.32 Å². The van der Waals surface area contributed by atoms with E-state index in [0.717, 1.165) is 23.5 Å². The summed E-state index contributed by atoms with van der Waals surface area (Å²) in [6.45, 7) is 3.57. The minimum atomic E-state index is -0.101. The van der Waals surface area contributed by atoms with E-state index < -0.39 is 0 Å². The van der Waals surface area contributed by atoms with Crippen molar-refractivity contribution in [3.8, 4) is 11.1 Å². The maximum atomic E-state index is 8.89. The van der Waals surface area contributed by atoms with E-state index >= 15 is 0 Å². The number of hydrogen-bond acceptors (Lipinski definition) is 4. The summed E-state index contributed by atoms with van der Waals surface area (Å²) in [5.74, 6) is 0.765. The van der Waals surface area contributed by atoms with Crippen molar-refractivity contribution in [2.24, 2.45) is 10.1 Å². The molecule has 2 aromatic carbocycles. The fourth-order valence-electron chi connectivity index (χ4n) is 3.39. The van der Waals surface area contributed by atoms with E-state index in [4.69, 9.17) is 15.2 Å². The van der Waals surface area contributed by atoms with E-state index in [2.05, 4.69) is 60.8 Å². The minimum absolute atomic E-state index is 0.101. The SMILES string of the molecule is Cc1c(C2=NC3C=C(CNCCO)C=C[N+]3=N2)cccc1-c1ccccc1. The second-order valence-electron chi connectivity index (χ2n) is 6.65. The van der Waals surface area contributed by atoms with Gasteiger partial charge in [-0.25, -0.2) is 0 Å². The van der Waals surface area contributed by atoms with Crippen LogP contribution in [0.3, 0.4) is 0 Å². The Bertz CT molecular complexity index is 958. The molecule has 5 heteroatoms. The van der Waals surface area contributed by atoms with Crippen LogP contribution in [0.2, 0.25) is 0 Å². The van der Waals surface area contributed by atoms with E-state index in [9.17, 15) is 0 Å². The third kappa shape index (κ3) is 3.65. The fraction of sp³-hybridized carbons (Fsp3) is 0.227. The van der Waals surface area contributed by atoms with Crippen LogP contribution in [0.5, 0.6) is 0 Å². The van der Waals surface area contributed by atoms with Crippen LogP contribution in [-0.2, 0) is 0 Å². The number of rotatable bonds is 6. The third-order valence-corrected chi connectivity index (χ3v) is 4.82. The van der Waals surface area contributed by atoms with Crippen molar-refractivity contribution in [2.45, 2.75) is 13.1 Å². The van der Waals surface area contributed by atoms with Gasteiger partial charge in [0.1, 0.15) is 0 Å². The zero-order valence-corrected chi connectivity index (χ0v) is 15.3. The second kappa shape index (κ2) is 7.78. The number of aliphatic imine (C=N–C) groups is 1. The summed E-state index contributed by atoms with van der Waals surface area (Å²) < 4.78 is 1.89. The number of nitrogens with zero attached hydrogens (tertiary/aromatic N) is 3. The molecule has 0 bridgehead atoms. The first-order valence-corrected chi connectivity index (χ1v) is 9.20. The number of aliphatic hydroxyl groups is 1. The summed E-state index contributed by atoms with van der Waals surface area (Å²) >= 11 is 0. The predicted octanol–water partition coefficient (Wildman–Crippen LogP) is 3.25. The van der Waals surface area contributed by atoms with Gasteiger partial charge in [0.15, 0.2) is 6.20 Å². The topological polar surface area (TPSA) is 60.0 Å². The van der Waals surface area contributed by atoms with Gasteiger partial charge in [0, 0.05) is 35.9 Å². The largest absolute Gasteiger partial charge is 0.395 e. The average Bonchev–Trinajstić information content (AvgIpc) is 3.12. The Morgan fingerprint density at radius 2 is 1.89 bits per heavy atom. The summed E-state index contributed by atoms with van der Waals surface area (Å²) in [6, 6.07) is 16.7. The quantitative estimate of drug-likeness (QED) is 0.614. The average molecular weight is 359 g/mol. The van der Waals surface area contributed by atoms with Crippen LogP contribution in [0.1, 0.15) is 11.1 Å². The number of amidine groups is 1. The van der Waals surface area contributed by atoms with Crippen LogP contribution < -0.4 is 5.32 Å². The molecule has 4 rings (SSSR count). The van der Waals surface area contributed by atoms with Gasteiger partial charge in [-0.15, -0.1) is 0 Å². The normalized spacial score (nSPS) is 18.0. The van der Waals surface area contributed by atoms with Gasteiger partial charge in [-0.05, 0) is 29.2 Å². The molecule has 0 aromatic heterocycles. The van der Waals surface area contributed by atoms with E-state index in [-0.39, 0.29) is 12.8 Å². The summed E-state index contributed by atoms with van der Waals surface area (Å²) in [5, 5.41) is 16.8. The van der Waals surface area contributed by atoms with Crippen LogP contribution in [0.25, 0.3) is 11.1 Å². The number of benzene rings is 2. The van der Waals surface area contributed by atoms with Gasteiger partial charge in [0.05, 0.1) is 6.61 Å². The monoisotopic (exact) mass is 359 g/mol. The van der Waals surface area contributed by atoms with Crippen molar-refractivity contribution in [2.75, 3.05) is 19.7 Å². The summed E-state index contributed by atoms with van der Waals surface area (Å²) in [6.07, 6.45) is 6.01. The Hall–Kier alpha value is -2.89. The lowest BCUT2D eigenvalue weighted by Gasteiger charge is -2.09. The molecule has 2 aromatic rings. The summed E-state index contributed by atoms with van der Waals surface area (Å²) in [4.78, 5) is 4.83. The minimum Gasteiger partial charge on any atom is -0.395 e. The zero-order valence-electron chi connectivity index (χ0n) is 15.3. The molecule has 0 radical (unpaired) electrons. The van der Waals surface area contributed by atoms with Gasteiger partial charge in [-0.1, -0.05) is 53.2 Å². The van der Waals surface area contributed by atoms with E-state index in [1.54, 1.807) is 0 Å². The molecule has 0 amide bonds. The van der Waals surface area contributed by atoms with Crippen molar-refractivity contribution in [3.63, 3.8) is 0 Å². The van der Waals surface area contributed by atoms with Gasteiger partial charge in [0.2, 0.25) is 5.84 Å². The number of aliphatic hydroxyl groups excluding tert-OH is 1. The molecule has 136 valence electrons. The zero-order chi connectivity index (χ0) is 18.6. The molecule has 2 aliphatic rings. The molecule has 27 heavy (non-hydrogen) atoms. The van der Waals surface area contributed by atoms with Gasteiger partial charge < -0.3 is 10.4 Å². The van der Waals surface area contributed by atoms with E-state index in [1.807, 2.05) is 23.0 Å². The molecular weight excluding hydrogens is 336 g/mol. The highest BCUT2D eigenvalue weighted by Gasteiger charge is 2.31. The molecular formula is C22H23N4O+. The van der Waals surface area contributed by atoms with Gasteiger partial charge >= 0.3 is 0 Å². The molecule has 0 saturated carbocycles. The fourth-order valence-corrected chi connectivity index (χ4v) is 3.39. The van der Waals surface area contributed by atoms with Gasteiger partial charge in [0.25, 0.3) is 6.17 Å². The highest BCUT2D eigenvalue weighted by atomic mass is 16.3. The summed E-state index contributed by atoms with van der Waals surface area (Å²) in [5.41, 5.74) is 5.80. The number of nitrogens with one attached hydrogen (secondary N) is 1. The van der Waals surface area contributed by atoms with Crippen molar-refractivity contribution in [1.29, 1.82) is 0 Å². The molecule has 2 N–H and O–H groups in total. The molecule has 2 aliphatic heterocycles. The van der Waals surface area contributed by atoms with E-state index in [0.29, 0.717) is 6.54 Å². The molecule has 2 heterocycles. The maximum absolute atomic E-state index is 8.89. The Labute approximate surface area is 159 Å².